The van der Waals surface area contributed by atoms with Gasteiger partial charge in [-0.05, 0) is 23.8 Å². The Morgan fingerprint density at radius 1 is 1.20 bits per heavy atom. The Balaban J connectivity index is 1.71. The molecule has 6 nitrogen and oxygen atoms in total. The fourth-order valence-electron chi connectivity index (χ4n) is 2.99. The van der Waals surface area contributed by atoms with Crippen LogP contribution in [0.5, 0.6) is 0 Å². The Bertz CT molecular complexity index is 707. The number of morpholine rings is 1. The van der Waals surface area contributed by atoms with Crippen molar-refractivity contribution in [2.75, 3.05) is 45.4 Å². The van der Waals surface area contributed by atoms with Gasteiger partial charge in [-0.2, -0.15) is 0 Å². The molecule has 0 spiro atoms. The second-order valence-corrected chi connectivity index (χ2v) is 6.09. The van der Waals surface area contributed by atoms with Crippen molar-refractivity contribution < 1.29 is 18.7 Å². The van der Waals surface area contributed by atoms with Crippen LogP contribution in [-0.2, 0) is 22.6 Å². The van der Waals surface area contributed by atoms with Crippen LogP contribution in [0, 0.1) is 0 Å². The molecule has 0 bridgehead atoms. The highest BCUT2D eigenvalue weighted by atomic mass is 16.5. The molecule has 1 aliphatic rings. The van der Waals surface area contributed by atoms with Gasteiger partial charge in [0.15, 0.2) is 5.76 Å². The third kappa shape index (κ3) is 4.21. The van der Waals surface area contributed by atoms with Crippen LogP contribution >= 0.6 is 0 Å². The minimum Gasteiger partial charge on any atom is -0.453 e. The van der Waals surface area contributed by atoms with Gasteiger partial charge in [-0.15, -0.1) is 0 Å². The van der Waals surface area contributed by atoms with Gasteiger partial charge in [0, 0.05) is 39.5 Å². The molecule has 3 rings (SSSR count). The molecule has 0 radical (unpaired) electrons. The summed E-state index contributed by atoms with van der Waals surface area (Å²) in [7, 11) is 3.38. The van der Waals surface area contributed by atoms with Gasteiger partial charge in [-0.1, -0.05) is 18.2 Å². The summed E-state index contributed by atoms with van der Waals surface area (Å²) in [6.07, 6.45) is 0. The standard InChI is InChI=1S/C19H24N2O4/c1-20(19(22)18-8-7-16(25-18)14-23-2)13-15-5-3-4-6-17(15)21-9-11-24-12-10-21/h3-8H,9-14H2,1-2H3. The van der Waals surface area contributed by atoms with E-state index in [1.807, 2.05) is 12.1 Å². The number of methoxy groups -OCH3 is 1. The Kier molecular flexibility index (Phi) is 5.73. The van der Waals surface area contributed by atoms with Crippen molar-refractivity contribution in [2.24, 2.45) is 0 Å². The number of hydrogen-bond donors (Lipinski definition) is 0. The second-order valence-electron chi connectivity index (χ2n) is 6.09. The maximum absolute atomic E-state index is 12.6. The fraction of sp³-hybridized carbons (Fsp3) is 0.421. The van der Waals surface area contributed by atoms with Gasteiger partial charge in [0.25, 0.3) is 5.91 Å². The van der Waals surface area contributed by atoms with Crippen LogP contribution in [0.3, 0.4) is 0 Å². The van der Waals surface area contributed by atoms with E-state index in [-0.39, 0.29) is 5.91 Å². The Morgan fingerprint density at radius 2 is 1.96 bits per heavy atom. The molecule has 0 aliphatic carbocycles. The summed E-state index contributed by atoms with van der Waals surface area (Å²) in [6, 6.07) is 11.7. The Morgan fingerprint density at radius 3 is 2.72 bits per heavy atom. The van der Waals surface area contributed by atoms with E-state index in [9.17, 15) is 4.79 Å². The molecule has 0 atom stereocenters. The molecule has 1 aromatic carbocycles. The molecule has 1 fully saturated rings. The van der Waals surface area contributed by atoms with Crippen LogP contribution in [0.1, 0.15) is 21.9 Å². The number of hydrogen-bond acceptors (Lipinski definition) is 5. The molecule has 0 N–H and O–H groups in total. The monoisotopic (exact) mass is 344 g/mol. The number of carbonyl (C=O) groups excluding carboxylic acids is 1. The highest BCUT2D eigenvalue weighted by molar-refractivity contribution is 5.91. The molecule has 6 heteroatoms. The fourth-order valence-corrected chi connectivity index (χ4v) is 2.99. The average molecular weight is 344 g/mol. The minimum atomic E-state index is -0.140. The quantitative estimate of drug-likeness (QED) is 0.806. The van der Waals surface area contributed by atoms with Crippen LogP contribution in [-0.4, -0.2) is 51.3 Å². The highest BCUT2D eigenvalue weighted by Gasteiger charge is 2.19. The topological polar surface area (TPSA) is 55.2 Å². The lowest BCUT2D eigenvalue weighted by molar-refractivity contribution is 0.0745. The SMILES string of the molecule is COCc1ccc(C(=O)N(C)Cc2ccccc2N2CCOCC2)o1. The maximum atomic E-state index is 12.6. The van der Waals surface area contributed by atoms with Crippen molar-refractivity contribution in [2.45, 2.75) is 13.2 Å². The zero-order valence-corrected chi connectivity index (χ0v) is 14.7. The molecule has 134 valence electrons. The van der Waals surface area contributed by atoms with E-state index in [0.29, 0.717) is 24.7 Å². The van der Waals surface area contributed by atoms with Crippen molar-refractivity contribution in [3.8, 4) is 0 Å². The first-order valence-electron chi connectivity index (χ1n) is 8.42. The molecule has 0 unspecified atom stereocenters. The average Bonchev–Trinajstić information content (AvgIpc) is 3.11. The predicted octanol–water partition coefficient (Wildman–Crippen LogP) is 2.53. The number of rotatable bonds is 6. The Labute approximate surface area is 147 Å². The van der Waals surface area contributed by atoms with Crippen molar-refractivity contribution in [1.29, 1.82) is 0 Å². The largest absolute Gasteiger partial charge is 0.453 e. The number of para-hydroxylation sites is 1. The molecule has 25 heavy (non-hydrogen) atoms. The lowest BCUT2D eigenvalue weighted by Crippen LogP contribution is -2.37. The summed E-state index contributed by atoms with van der Waals surface area (Å²) >= 11 is 0. The van der Waals surface area contributed by atoms with Gasteiger partial charge >= 0.3 is 0 Å². The van der Waals surface area contributed by atoms with E-state index in [2.05, 4.69) is 17.0 Å². The van der Waals surface area contributed by atoms with Gasteiger partial charge in [0.1, 0.15) is 12.4 Å². The normalized spacial score (nSPS) is 14.6. The van der Waals surface area contributed by atoms with Crippen LogP contribution < -0.4 is 4.90 Å². The minimum absolute atomic E-state index is 0.140. The molecule has 2 heterocycles. The molecule has 2 aromatic rings. The first-order chi connectivity index (χ1) is 12.2. The molecule has 1 amide bonds. The van der Waals surface area contributed by atoms with Crippen molar-refractivity contribution in [3.63, 3.8) is 0 Å². The smallest absolute Gasteiger partial charge is 0.289 e. The van der Waals surface area contributed by atoms with Gasteiger partial charge < -0.3 is 23.7 Å². The summed E-state index contributed by atoms with van der Waals surface area (Å²) in [6.45, 7) is 4.08. The number of anilines is 1. The zero-order chi connectivity index (χ0) is 17.6. The summed E-state index contributed by atoms with van der Waals surface area (Å²) in [5.41, 5.74) is 2.27. The molecule has 1 aliphatic heterocycles. The Hall–Kier alpha value is -2.31. The third-order valence-electron chi connectivity index (χ3n) is 4.26. The lowest BCUT2D eigenvalue weighted by Gasteiger charge is -2.31. The van der Waals surface area contributed by atoms with E-state index in [0.717, 1.165) is 37.6 Å². The maximum Gasteiger partial charge on any atom is 0.289 e. The van der Waals surface area contributed by atoms with Gasteiger partial charge in [-0.25, -0.2) is 0 Å². The lowest BCUT2D eigenvalue weighted by atomic mass is 10.1. The van der Waals surface area contributed by atoms with Crippen molar-refractivity contribution in [3.05, 3.63) is 53.5 Å². The van der Waals surface area contributed by atoms with E-state index in [1.165, 1.54) is 0 Å². The number of amides is 1. The van der Waals surface area contributed by atoms with Gasteiger partial charge in [0.05, 0.1) is 13.2 Å². The first kappa shape index (κ1) is 17.5. The first-order valence-corrected chi connectivity index (χ1v) is 8.42. The molecule has 1 saturated heterocycles. The number of carbonyl (C=O) groups is 1. The van der Waals surface area contributed by atoms with Crippen LogP contribution in [0.4, 0.5) is 5.69 Å². The molecular formula is C19H24N2O4. The van der Waals surface area contributed by atoms with E-state index in [1.54, 1.807) is 31.2 Å². The number of ether oxygens (including phenoxy) is 2. The predicted molar refractivity (Wildman–Crippen MR) is 94.7 cm³/mol. The summed E-state index contributed by atoms with van der Waals surface area (Å²) < 4.78 is 16.0. The highest BCUT2D eigenvalue weighted by Crippen LogP contribution is 2.23. The van der Waals surface area contributed by atoms with E-state index < -0.39 is 0 Å². The van der Waals surface area contributed by atoms with Crippen LogP contribution in [0.2, 0.25) is 0 Å². The van der Waals surface area contributed by atoms with Crippen LogP contribution in [0.25, 0.3) is 0 Å². The summed E-state index contributed by atoms with van der Waals surface area (Å²) in [5.74, 6) is 0.838. The van der Waals surface area contributed by atoms with Gasteiger partial charge in [0.2, 0.25) is 0 Å². The molecule has 0 saturated carbocycles. The van der Waals surface area contributed by atoms with Gasteiger partial charge in [-0.3, -0.25) is 4.79 Å². The summed E-state index contributed by atoms with van der Waals surface area (Å²) in [5, 5.41) is 0. The number of nitrogens with zero attached hydrogens (tertiary/aromatic N) is 2. The number of furan rings is 1. The van der Waals surface area contributed by atoms with Crippen molar-refractivity contribution >= 4 is 11.6 Å². The summed E-state index contributed by atoms with van der Waals surface area (Å²) in [4.78, 5) is 16.6. The van der Waals surface area contributed by atoms with Crippen LogP contribution in [0.15, 0.2) is 40.8 Å². The van der Waals surface area contributed by atoms with E-state index >= 15 is 0 Å². The van der Waals surface area contributed by atoms with E-state index in [4.69, 9.17) is 13.9 Å². The zero-order valence-electron chi connectivity index (χ0n) is 14.7. The second kappa shape index (κ2) is 8.18. The number of benzene rings is 1. The molecular weight excluding hydrogens is 320 g/mol. The third-order valence-corrected chi connectivity index (χ3v) is 4.26. The molecule has 1 aromatic heterocycles. The van der Waals surface area contributed by atoms with Crippen molar-refractivity contribution in [1.82, 2.24) is 4.90 Å².